The third-order valence-corrected chi connectivity index (χ3v) is 5.46. The predicted molar refractivity (Wildman–Crippen MR) is 84.7 cm³/mol. The summed E-state index contributed by atoms with van der Waals surface area (Å²) in [6.07, 6.45) is 5.47. The van der Waals surface area contributed by atoms with Gasteiger partial charge in [0, 0.05) is 23.1 Å². The van der Waals surface area contributed by atoms with E-state index in [9.17, 15) is 8.42 Å². The first kappa shape index (κ1) is 14.6. The molecule has 1 unspecified atom stereocenters. The Balaban J connectivity index is 1.88. The van der Waals surface area contributed by atoms with Gasteiger partial charge in [-0.05, 0) is 56.1 Å². The van der Waals surface area contributed by atoms with Crippen LogP contribution in [-0.4, -0.2) is 33.0 Å². The fourth-order valence-corrected chi connectivity index (χ4v) is 3.73. The fraction of sp³-hybridized carbons (Fsp3) is 0.467. The van der Waals surface area contributed by atoms with Gasteiger partial charge in [-0.1, -0.05) is 6.07 Å². The van der Waals surface area contributed by atoms with Crippen LogP contribution in [0, 0.1) is 0 Å². The lowest BCUT2D eigenvalue weighted by atomic mass is 10.0. The van der Waals surface area contributed by atoms with Crippen molar-refractivity contribution in [1.29, 1.82) is 0 Å². The van der Waals surface area contributed by atoms with Crippen molar-refractivity contribution in [3.05, 3.63) is 35.5 Å². The molecule has 3 N–H and O–H groups in total. The molecule has 3 rings (SSSR count). The molecule has 0 aliphatic carbocycles. The topological polar surface area (TPSA) is 74.0 Å². The van der Waals surface area contributed by atoms with Gasteiger partial charge in [-0.2, -0.15) is 0 Å². The lowest BCUT2D eigenvalue weighted by Gasteiger charge is -2.09. The molecule has 0 saturated carbocycles. The van der Waals surface area contributed by atoms with Crippen LogP contribution < -0.4 is 10.0 Å². The van der Waals surface area contributed by atoms with Gasteiger partial charge in [0.05, 0.1) is 5.75 Å². The van der Waals surface area contributed by atoms with Crippen LogP contribution >= 0.6 is 0 Å². The quantitative estimate of drug-likeness (QED) is 0.784. The van der Waals surface area contributed by atoms with Crippen molar-refractivity contribution in [2.24, 2.45) is 0 Å². The molecule has 1 aliphatic rings. The van der Waals surface area contributed by atoms with E-state index in [1.807, 2.05) is 24.4 Å². The molecule has 0 spiro atoms. The Morgan fingerprint density at radius 1 is 1.38 bits per heavy atom. The van der Waals surface area contributed by atoms with E-state index in [0.717, 1.165) is 29.4 Å². The van der Waals surface area contributed by atoms with E-state index in [-0.39, 0.29) is 5.75 Å². The van der Waals surface area contributed by atoms with Gasteiger partial charge in [-0.3, -0.25) is 0 Å². The fourth-order valence-electron chi connectivity index (χ4n) is 2.97. The Hall–Kier alpha value is -1.37. The average molecular weight is 307 g/mol. The summed E-state index contributed by atoms with van der Waals surface area (Å²) in [4.78, 5) is 3.27. The van der Waals surface area contributed by atoms with Crippen LogP contribution in [0.1, 0.15) is 24.0 Å². The van der Waals surface area contributed by atoms with E-state index in [0.29, 0.717) is 6.04 Å². The van der Waals surface area contributed by atoms with Crippen LogP contribution in [0.5, 0.6) is 0 Å². The minimum atomic E-state index is -3.23. The molecule has 2 aromatic rings. The van der Waals surface area contributed by atoms with Gasteiger partial charge in [-0.15, -0.1) is 0 Å². The molecule has 1 aromatic heterocycles. The maximum absolute atomic E-state index is 11.7. The SMILES string of the molecule is CNS(=O)(=O)Cc1ccc2[nH]cc(CC3CCCN3)c2c1. The summed E-state index contributed by atoms with van der Waals surface area (Å²) in [7, 11) is -1.79. The summed E-state index contributed by atoms with van der Waals surface area (Å²) in [6.45, 7) is 1.10. The highest BCUT2D eigenvalue weighted by Crippen LogP contribution is 2.23. The van der Waals surface area contributed by atoms with E-state index >= 15 is 0 Å². The molecule has 1 atom stereocenters. The van der Waals surface area contributed by atoms with Crippen molar-refractivity contribution in [3.8, 4) is 0 Å². The molecular formula is C15H21N3O2S. The Labute approximate surface area is 125 Å². The molecule has 1 aromatic carbocycles. The minimum absolute atomic E-state index is 0.0196. The average Bonchev–Trinajstić information content (AvgIpc) is 3.09. The third-order valence-electron chi connectivity index (χ3n) is 4.13. The molecule has 1 saturated heterocycles. The van der Waals surface area contributed by atoms with Gasteiger partial charge in [0.25, 0.3) is 0 Å². The molecule has 6 heteroatoms. The number of H-pyrrole nitrogens is 1. The summed E-state index contributed by atoms with van der Waals surface area (Å²) in [6, 6.07) is 6.35. The lowest BCUT2D eigenvalue weighted by Crippen LogP contribution is -2.23. The standard InChI is InChI=1S/C15H21N3O2S/c1-16-21(19,20)10-11-4-5-15-14(7-11)12(9-18-15)8-13-3-2-6-17-13/h4-5,7,9,13,16-18H,2-3,6,8,10H2,1H3. The second-order valence-electron chi connectivity index (χ2n) is 5.65. The van der Waals surface area contributed by atoms with E-state index in [2.05, 4.69) is 15.0 Å². The third kappa shape index (κ3) is 3.28. The zero-order chi connectivity index (χ0) is 14.9. The van der Waals surface area contributed by atoms with Crippen molar-refractivity contribution >= 4 is 20.9 Å². The zero-order valence-corrected chi connectivity index (χ0v) is 13.0. The molecule has 2 heterocycles. The second-order valence-corrected chi connectivity index (χ2v) is 7.58. The molecule has 0 radical (unpaired) electrons. The molecule has 21 heavy (non-hydrogen) atoms. The molecule has 0 bridgehead atoms. The molecule has 0 amide bonds. The summed E-state index contributed by atoms with van der Waals surface area (Å²) in [5, 5.41) is 4.63. The first-order valence-corrected chi connectivity index (χ1v) is 8.96. The van der Waals surface area contributed by atoms with E-state index in [1.165, 1.54) is 25.5 Å². The number of benzene rings is 1. The Morgan fingerprint density at radius 2 is 2.24 bits per heavy atom. The van der Waals surface area contributed by atoms with Crippen molar-refractivity contribution in [1.82, 2.24) is 15.0 Å². The first-order chi connectivity index (χ1) is 10.1. The van der Waals surface area contributed by atoms with Crippen molar-refractivity contribution in [2.75, 3.05) is 13.6 Å². The van der Waals surface area contributed by atoms with Gasteiger partial charge in [0.15, 0.2) is 0 Å². The predicted octanol–water partition coefficient (Wildman–Crippen LogP) is 1.51. The van der Waals surface area contributed by atoms with Gasteiger partial charge in [0.1, 0.15) is 0 Å². The number of aromatic amines is 1. The Kier molecular flexibility index (Phi) is 4.01. The van der Waals surface area contributed by atoms with Crippen LogP contribution in [0.2, 0.25) is 0 Å². The number of sulfonamides is 1. The van der Waals surface area contributed by atoms with Crippen molar-refractivity contribution < 1.29 is 8.42 Å². The maximum Gasteiger partial charge on any atom is 0.215 e. The van der Waals surface area contributed by atoms with E-state index < -0.39 is 10.0 Å². The molecular weight excluding hydrogens is 286 g/mol. The van der Waals surface area contributed by atoms with E-state index in [4.69, 9.17) is 0 Å². The van der Waals surface area contributed by atoms with Gasteiger partial charge < -0.3 is 10.3 Å². The summed E-state index contributed by atoms with van der Waals surface area (Å²) in [5.74, 6) is 0.0196. The summed E-state index contributed by atoms with van der Waals surface area (Å²) in [5.41, 5.74) is 3.14. The second kappa shape index (κ2) is 5.79. The normalized spacial score (nSPS) is 19.4. The van der Waals surface area contributed by atoms with Crippen molar-refractivity contribution in [2.45, 2.75) is 31.1 Å². The Morgan fingerprint density at radius 3 is 2.95 bits per heavy atom. The number of nitrogens with one attached hydrogen (secondary N) is 3. The van der Waals surface area contributed by atoms with E-state index in [1.54, 1.807) is 0 Å². The number of aromatic nitrogens is 1. The number of fused-ring (bicyclic) bond motifs is 1. The highest BCUT2D eigenvalue weighted by molar-refractivity contribution is 7.88. The molecule has 114 valence electrons. The van der Waals surface area contributed by atoms with Gasteiger partial charge >= 0.3 is 0 Å². The van der Waals surface area contributed by atoms with Gasteiger partial charge in [-0.25, -0.2) is 13.1 Å². The Bertz CT molecular complexity index is 730. The summed E-state index contributed by atoms with van der Waals surface area (Å²) >= 11 is 0. The maximum atomic E-state index is 11.7. The number of hydrogen-bond acceptors (Lipinski definition) is 3. The largest absolute Gasteiger partial charge is 0.361 e. The number of hydrogen-bond donors (Lipinski definition) is 3. The first-order valence-electron chi connectivity index (χ1n) is 7.31. The minimum Gasteiger partial charge on any atom is -0.361 e. The van der Waals surface area contributed by atoms with Crippen molar-refractivity contribution in [3.63, 3.8) is 0 Å². The molecule has 1 fully saturated rings. The molecule has 1 aliphatic heterocycles. The lowest BCUT2D eigenvalue weighted by molar-refractivity contribution is 0.587. The van der Waals surface area contributed by atoms with Gasteiger partial charge in [0.2, 0.25) is 10.0 Å². The van der Waals surface area contributed by atoms with Crippen LogP contribution in [-0.2, 0) is 22.2 Å². The smallest absolute Gasteiger partial charge is 0.215 e. The zero-order valence-electron chi connectivity index (χ0n) is 12.1. The summed E-state index contributed by atoms with van der Waals surface area (Å²) < 4.78 is 25.7. The highest BCUT2D eigenvalue weighted by atomic mass is 32.2. The molecule has 5 nitrogen and oxygen atoms in total. The van der Waals surface area contributed by atoms with Crippen LogP contribution in [0.25, 0.3) is 10.9 Å². The van der Waals surface area contributed by atoms with Crippen LogP contribution in [0.3, 0.4) is 0 Å². The number of rotatable bonds is 5. The highest BCUT2D eigenvalue weighted by Gasteiger charge is 2.17. The monoisotopic (exact) mass is 307 g/mol. The van der Waals surface area contributed by atoms with Crippen LogP contribution in [0.4, 0.5) is 0 Å². The van der Waals surface area contributed by atoms with Crippen LogP contribution in [0.15, 0.2) is 24.4 Å².